The molecule has 2 aliphatic rings. The summed E-state index contributed by atoms with van der Waals surface area (Å²) < 4.78 is 30.7. The lowest BCUT2D eigenvalue weighted by Gasteiger charge is -2.27. The number of benzene rings is 2. The number of rotatable bonds is 20. The van der Waals surface area contributed by atoms with Crippen molar-refractivity contribution in [3.05, 3.63) is 166 Å². The molecule has 0 bridgehead atoms. The standard InChI is InChI=1S/C54H50N2O14/c1-31(2)53(63)67-27-25-65-47(57)21-23-49(59)69-45-19-11-17-43(55-45)33(5)39-29-41(35-13-7-9-15-37(35)51(39)61)42-30-40(52(62)38-16-10-8-14-36(38)42)34(6)44-18-12-20-46(56-44)70-50(60)24-22-48(58)66-26-28-68-54(64)32(3)4/h7-20,29-30,33-34H,1,3,21-28H2,2,4-6H3/b42-41+. The Morgan fingerprint density at radius 2 is 0.814 bits per heavy atom. The molecule has 0 aliphatic heterocycles. The third-order valence-corrected chi connectivity index (χ3v) is 11.0. The Kier molecular flexibility index (Phi) is 17.2. The van der Waals surface area contributed by atoms with Crippen LogP contribution in [0.1, 0.15) is 108 Å². The number of ketones is 2. The molecule has 6 rings (SSSR count). The van der Waals surface area contributed by atoms with Crippen molar-refractivity contribution in [3.8, 4) is 11.8 Å². The lowest BCUT2D eigenvalue weighted by Crippen LogP contribution is -2.20. The largest absolute Gasteiger partial charge is 0.462 e. The van der Waals surface area contributed by atoms with Gasteiger partial charge in [-0.05, 0) is 60.4 Å². The van der Waals surface area contributed by atoms with E-state index in [1.807, 2.05) is 38.1 Å². The molecule has 2 aromatic carbocycles. The fourth-order valence-corrected chi connectivity index (χ4v) is 7.32. The molecule has 0 amide bonds. The number of hydrogen-bond acceptors (Lipinski definition) is 16. The molecule has 4 aromatic rings. The van der Waals surface area contributed by atoms with E-state index in [0.29, 0.717) is 55.9 Å². The third-order valence-electron chi connectivity index (χ3n) is 11.0. The van der Waals surface area contributed by atoms with Crippen LogP contribution in [0, 0.1) is 0 Å². The van der Waals surface area contributed by atoms with Gasteiger partial charge in [0.05, 0.1) is 37.1 Å². The molecule has 0 saturated heterocycles. The first-order chi connectivity index (χ1) is 33.5. The topological polar surface area (TPSA) is 218 Å². The van der Waals surface area contributed by atoms with Crippen molar-refractivity contribution < 1.29 is 66.8 Å². The first-order valence-corrected chi connectivity index (χ1v) is 22.3. The Hall–Kier alpha value is -8.40. The van der Waals surface area contributed by atoms with Crippen molar-refractivity contribution in [2.24, 2.45) is 0 Å². The van der Waals surface area contributed by atoms with Gasteiger partial charge in [0.1, 0.15) is 26.4 Å². The first-order valence-electron chi connectivity index (χ1n) is 22.3. The summed E-state index contributed by atoms with van der Waals surface area (Å²) in [6.07, 6.45) is 2.41. The van der Waals surface area contributed by atoms with Gasteiger partial charge in [-0.3, -0.25) is 28.8 Å². The van der Waals surface area contributed by atoms with Crippen molar-refractivity contribution >= 4 is 58.5 Å². The van der Waals surface area contributed by atoms with Crippen LogP contribution in [-0.4, -0.2) is 83.8 Å². The lowest BCUT2D eigenvalue weighted by molar-refractivity contribution is -0.151. The van der Waals surface area contributed by atoms with Gasteiger partial charge >= 0.3 is 35.8 Å². The molecule has 0 N–H and O–H groups in total. The van der Waals surface area contributed by atoms with E-state index in [1.165, 1.54) is 26.0 Å². The molecule has 2 aliphatic carbocycles. The fraction of sp³-hybridized carbons (Fsp3) is 0.259. The molecular formula is C54H50N2O14. The predicted octanol–water partition coefficient (Wildman–Crippen LogP) is 7.94. The summed E-state index contributed by atoms with van der Waals surface area (Å²) >= 11 is 0. The SMILES string of the molecule is C=C(C)C(=O)OCCOC(=O)CCC(=O)Oc1cccc(C(C)C2=C/C(=C3/C=C(C(C)c4cccc(OC(=O)CCC(=O)OCCOC(=O)C(=C)C)n4)C(=O)c4ccccc43)c3ccccc3C2=O)n1. The highest BCUT2D eigenvalue weighted by Gasteiger charge is 2.34. The smallest absolute Gasteiger partial charge is 0.333 e. The minimum atomic E-state index is -0.740. The van der Waals surface area contributed by atoms with Crippen LogP contribution in [0.2, 0.25) is 0 Å². The average Bonchev–Trinajstić information content (AvgIpc) is 3.35. The van der Waals surface area contributed by atoms with E-state index in [0.717, 1.165) is 0 Å². The molecule has 0 radical (unpaired) electrons. The van der Waals surface area contributed by atoms with Crippen molar-refractivity contribution in [2.75, 3.05) is 26.4 Å². The second-order valence-electron chi connectivity index (χ2n) is 16.2. The summed E-state index contributed by atoms with van der Waals surface area (Å²) in [7, 11) is 0. The second-order valence-corrected chi connectivity index (χ2v) is 16.2. The Morgan fingerprint density at radius 1 is 0.471 bits per heavy atom. The number of carbonyl (C=O) groups excluding carboxylic acids is 8. The van der Waals surface area contributed by atoms with Gasteiger partial charge in [-0.15, -0.1) is 0 Å². The predicted molar refractivity (Wildman–Crippen MR) is 253 cm³/mol. The Balaban J connectivity index is 1.21. The van der Waals surface area contributed by atoms with E-state index >= 15 is 0 Å². The number of allylic oxidation sites excluding steroid dienone is 6. The summed E-state index contributed by atoms with van der Waals surface area (Å²) in [5, 5.41) is 0. The molecule has 16 nitrogen and oxygen atoms in total. The van der Waals surface area contributed by atoms with E-state index in [4.69, 9.17) is 28.4 Å². The Morgan fingerprint density at radius 3 is 1.19 bits per heavy atom. The first kappa shape index (κ1) is 51.0. The second kappa shape index (κ2) is 23.6. The van der Waals surface area contributed by atoms with Gasteiger partial charge in [-0.1, -0.05) is 87.7 Å². The number of carbonyl (C=O) groups is 8. The summed E-state index contributed by atoms with van der Waals surface area (Å²) in [6, 6.07) is 24.0. The summed E-state index contributed by atoms with van der Waals surface area (Å²) in [6.45, 7) is 12.9. The molecule has 0 spiro atoms. The van der Waals surface area contributed by atoms with Crippen LogP contribution in [0.5, 0.6) is 11.8 Å². The molecule has 0 fully saturated rings. The van der Waals surface area contributed by atoms with Crippen LogP contribution >= 0.6 is 0 Å². The zero-order valence-corrected chi connectivity index (χ0v) is 39.1. The van der Waals surface area contributed by atoms with Crippen LogP contribution in [0.15, 0.2) is 133 Å². The number of nitrogens with zero attached hydrogens (tertiary/aromatic N) is 2. The maximum absolute atomic E-state index is 14.3. The van der Waals surface area contributed by atoms with Crippen LogP contribution in [0.4, 0.5) is 0 Å². The molecule has 2 aromatic heterocycles. The van der Waals surface area contributed by atoms with E-state index in [9.17, 15) is 38.4 Å². The molecule has 70 heavy (non-hydrogen) atoms. The van der Waals surface area contributed by atoms with Gasteiger partial charge in [0.2, 0.25) is 11.8 Å². The average molecular weight is 951 g/mol. The maximum atomic E-state index is 14.3. The molecule has 360 valence electrons. The monoisotopic (exact) mass is 950 g/mol. The summed E-state index contributed by atoms with van der Waals surface area (Å²) in [5.74, 6) is -5.88. The number of Topliss-reactive ketones (excluding diaryl/α,β-unsaturated/α-hetero) is 2. The highest BCUT2D eigenvalue weighted by Crippen LogP contribution is 2.44. The Labute approximate surface area is 403 Å². The normalized spacial score (nSPS) is 14.6. The highest BCUT2D eigenvalue weighted by molar-refractivity contribution is 6.24. The number of fused-ring (bicyclic) bond motifs is 2. The van der Waals surface area contributed by atoms with E-state index in [2.05, 4.69) is 23.1 Å². The van der Waals surface area contributed by atoms with Crippen LogP contribution in [0.25, 0.3) is 11.1 Å². The highest BCUT2D eigenvalue weighted by atomic mass is 16.6. The van der Waals surface area contributed by atoms with Crippen LogP contribution in [0.3, 0.4) is 0 Å². The van der Waals surface area contributed by atoms with Gasteiger partial charge < -0.3 is 28.4 Å². The van der Waals surface area contributed by atoms with Gasteiger partial charge in [0, 0.05) is 57.4 Å². The zero-order valence-electron chi connectivity index (χ0n) is 39.1. The van der Waals surface area contributed by atoms with Crippen LogP contribution < -0.4 is 9.47 Å². The number of ether oxygens (including phenoxy) is 6. The Bertz CT molecular complexity index is 2690. The van der Waals surface area contributed by atoms with Gasteiger partial charge in [-0.2, -0.15) is 0 Å². The van der Waals surface area contributed by atoms with Crippen molar-refractivity contribution in [1.29, 1.82) is 0 Å². The number of pyridine rings is 2. The fourth-order valence-electron chi connectivity index (χ4n) is 7.32. The number of aromatic nitrogens is 2. The minimum Gasteiger partial charge on any atom is -0.462 e. The van der Waals surface area contributed by atoms with Crippen molar-refractivity contribution in [1.82, 2.24) is 9.97 Å². The molecule has 0 saturated carbocycles. The number of hydrogen-bond donors (Lipinski definition) is 0. The zero-order chi connectivity index (χ0) is 50.5. The van der Waals surface area contributed by atoms with Gasteiger partial charge in [-0.25, -0.2) is 19.6 Å². The molecule has 2 atom stereocenters. The van der Waals surface area contributed by atoms with E-state index in [-0.39, 0.29) is 86.6 Å². The summed E-state index contributed by atoms with van der Waals surface area (Å²) in [5.41, 5.74) is 5.55. The summed E-state index contributed by atoms with van der Waals surface area (Å²) in [4.78, 5) is 111. The quantitative estimate of drug-likeness (QED) is 0.0355. The third kappa shape index (κ3) is 13.0. The van der Waals surface area contributed by atoms with E-state index in [1.54, 1.807) is 60.7 Å². The van der Waals surface area contributed by atoms with Crippen molar-refractivity contribution in [3.63, 3.8) is 0 Å². The van der Waals surface area contributed by atoms with Gasteiger partial charge in [0.25, 0.3) is 0 Å². The van der Waals surface area contributed by atoms with E-state index < -0.39 is 47.7 Å². The van der Waals surface area contributed by atoms with Crippen molar-refractivity contribution in [2.45, 2.75) is 65.2 Å². The minimum absolute atomic E-state index is 0.0387. The lowest BCUT2D eigenvalue weighted by atomic mass is 9.75. The molecule has 2 heterocycles. The number of esters is 6. The van der Waals surface area contributed by atoms with Crippen LogP contribution in [-0.2, 0) is 47.7 Å². The van der Waals surface area contributed by atoms with Gasteiger partial charge in [0.15, 0.2) is 11.6 Å². The molecule has 16 heteroatoms. The molecule has 2 unspecified atom stereocenters. The molecular weight excluding hydrogens is 901 g/mol. The maximum Gasteiger partial charge on any atom is 0.333 e.